The van der Waals surface area contributed by atoms with Crippen LogP contribution < -0.4 is 5.56 Å². The summed E-state index contributed by atoms with van der Waals surface area (Å²) in [7, 11) is -3.55. The molecule has 1 saturated heterocycles. The van der Waals surface area contributed by atoms with Gasteiger partial charge in [-0.3, -0.25) is 4.79 Å². The predicted molar refractivity (Wildman–Crippen MR) is 69.2 cm³/mol. The Balaban J connectivity index is 2.30. The predicted octanol–water partition coefficient (Wildman–Crippen LogP) is 1.45. The lowest BCUT2D eigenvalue weighted by molar-refractivity contribution is 0.288. The molecule has 0 bridgehead atoms. The van der Waals surface area contributed by atoms with Gasteiger partial charge < -0.3 is 4.98 Å². The number of hydrogen-bond donors (Lipinski definition) is 1. The third-order valence-corrected chi connectivity index (χ3v) is 5.37. The number of H-pyrrole nitrogens is 1. The summed E-state index contributed by atoms with van der Waals surface area (Å²) in [5.74, 6) is 0.551. The van der Waals surface area contributed by atoms with Crippen molar-refractivity contribution < 1.29 is 8.42 Å². The highest BCUT2D eigenvalue weighted by molar-refractivity contribution is 7.89. The first-order valence-corrected chi connectivity index (χ1v) is 7.61. The van der Waals surface area contributed by atoms with Crippen LogP contribution in [-0.2, 0) is 10.0 Å². The Morgan fingerprint density at radius 1 is 1.39 bits per heavy atom. The van der Waals surface area contributed by atoms with Gasteiger partial charge in [0.25, 0.3) is 5.56 Å². The van der Waals surface area contributed by atoms with E-state index in [2.05, 4.69) is 11.9 Å². The lowest BCUT2D eigenvalue weighted by Gasteiger charge is -2.29. The summed E-state index contributed by atoms with van der Waals surface area (Å²) in [5, 5.41) is -0.110. The van der Waals surface area contributed by atoms with Gasteiger partial charge in [-0.2, -0.15) is 4.31 Å². The topological polar surface area (TPSA) is 70.2 Å². The Morgan fingerprint density at radius 2 is 2.00 bits per heavy atom. The van der Waals surface area contributed by atoms with Crippen LogP contribution in [0, 0.1) is 5.92 Å². The molecule has 0 saturated carbocycles. The molecule has 5 nitrogen and oxygen atoms in total. The van der Waals surface area contributed by atoms with Crippen molar-refractivity contribution in [2.24, 2.45) is 5.92 Å². The maximum absolute atomic E-state index is 12.3. The van der Waals surface area contributed by atoms with E-state index in [1.54, 1.807) is 0 Å². The fraction of sp³-hybridized carbons (Fsp3) is 0.545. The van der Waals surface area contributed by atoms with E-state index in [1.807, 2.05) is 0 Å². The summed E-state index contributed by atoms with van der Waals surface area (Å²) < 4.78 is 26.0. The Hall–Kier alpha value is -0.850. The fourth-order valence-corrected chi connectivity index (χ4v) is 3.66. The second kappa shape index (κ2) is 5.03. The highest BCUT2D eigenvalue weighted by atomic mass is 35.5. The van der Waals surface area contributed by atoms with Gasteiger partial charge in [-0.15, -0.1) is 0 Å². The summed E-state index contributed by atoms with van der Waals surface area (Å²) in [5.41, 5.74) is -0.483. The van der Waals surface area contributed by atoms with E-state index >= 15 is 0 Å². The first kappa shape index (κ1) is 13.6. The quantitative estimate of drug-likeness (QED) is 0.896. The van der Waals surface area contributed by atoms with Crippen LogP contribution in [0.25, 0.3) is 0 Å². The second-order valence-electron chi connectivity index (χ2n) is 4.60. The molecule has 0 aromatic carbocycles. The van der Waals surface area contributed by atoms with E-state index in [0.717, 1.165) is 12.8 Å². The molecular weight excluding hydrogens is 276 g/mol. The van der Waals surface area contributed by atoms with Gasteiger partial charge in [0.1, 0.15) is 5.02 Å². The molecular formula is C11H15ClN2O3S. The van der Waals surface area contributed by atoms with Crippen molar-refractivity contribution in [3.8, 4) is 0 Å². The summed E-state index contributed by atoms with van der Waals surface area (Å²) in [6.45, 7) is 3.14. The van der Waals surface area contributed by atoms with E-state index in [4.69, 9.17) is 11.6 Å². The molecule has 0 atom stereocenters. The maximum atomic E-state index is 12.3. The minimum Gasteiger partial charge on any atom is -0.326 e. The molecule has 1 aromatic heterocycles. The highest BCUT2D eigenvalue weighted by Crippen LogP contribution is 2.23. The van der Waals surface area contributed by atoms with Crippen LogP contribution in [0.15, 0.2) is 22.0 Å². The van der Waals surface area contributed by atoms with Crippen LogP contribution in [0.4, 0.5) is 0 Å². The highest BCUT2D eigenvalue weighted by Gasteiger charge is 2.28. The number of sulfonamides is 1. The third kappa shape index (κ3) is 2.60. The van der Waals surface area contributed by atoms with Gasteiger partial charge in [-0.05, 0) is 24.8 Å². The van der Waals surface area contributed by atoms with E-state index in [-0.39, 0.29) is 9.92 Å². The Bertz CT molecular complexity index is 589. The Morgan fingerprint density at radius 3 is 2.56 bits per heavy atom. The number of hydrogen-bond acceptors (Lipinski definition) is 3. The van der Waals surface area contributed by atoms with Crippen molar-refractivity contribution in [2.45, 2.75) is 24.7 Å². The number of aromatic nitrogens is 1. The van der Waals surface area contributed by atoms with Crippen LogP contribution >= 0.6 is 11.6 Å². The molecule has 1 fully saturated rings. The number of halogens is 1. The Labute approximate surface area is 111 Å². The van der Waals surface area contributed by atoms with Gasteiger partial charge in [0.2, 0.25) is 10.0 Å². The van der Waals surface area contributed by atoms with Gasteiger partial charge in [-0.25, -0.2) is 8.42 Å². The molecule has 1 aliphatic heterocycles. The normalized spacial score (nSPS) is 19.0. The number of nitrogens with zero attached hydrogens (tertiary/aromatic N) is 1. The molecule has 1 aliphatic rings. The molecule has 7 heteroatoms. The number of piperidine rings is 1. The summed E-state index contributed by atoms with van der Waals surface area (Å²) in [6.07, 6.45) is 2.91. The summed E-state index contributed by atoms with van der Waals surface area (Å²) >= 11 is 5.66. The zero-order valence-corrected chi connectivity index (χ0v) is 11.6. The number of aromatic amines is 1. The molecule has 1 aromatic rings. The van der Waals surface area contributed by atoms with Gasteiger partial charge >= 0.3 is 0 Å². The van der Waals surface area contributed by atoms with Crippen molar-refractivity contribution in [3.05, 3.63) is 27.6 Å². The molecule has 0 unspecified atom stereocenters. The Kier molecular flexibility index (Phi) is 3.79. The third-order valence-electron chi connectivity index (χ3n) is 3.21. The van der Waals surface area contributed by atoms with Crippen LogP contribution in [0.5, 0.6) is 0 Å². The minimum absolute atomic E-state index is 0.0432. The van der Waals surface area contributed by atoms with Crippen molar-refractivity contribution >= 4 is 21.6 Å². The van der Waals surface area contributed by atoms with Crippen LogP contribution in [0.2, 0.25) is 5.02 Å². The van der Waals surface area contributed by atoms with E-state index in [0.29, 0.717) is 19.0 Å². The van der Waals surface area contributed by atoms with Gasteiger partial charge in [0.05, 0.1) is 4.90 Å². The summed E-state index contributed by atoms with van der Waals surface area (Å²) in [4.78, 5) is 13.5. The SMILES string of the molecule is CC1CCN(S(=O)(=O)c2c[nH]c(=O)c(Cl)c2)CC1. The smallest absolute Gasteiger partial charge is 0.266 e. The van der Waals surface area contributed by atoms with E-state index in [1.165, 1.54) is 16.6 Å². The van der Waals surface area contributed by atoms with Crippen molar-refractivity contribution in [3.63, 3.8) is 0 Å². The zero-order chi connectivity index (χ0) is 13.3. The number of nitrogens with one attached hydrogen (secondary N) is 1. The minimum atomic E-state index is -3.55. The lowest BCUT2D eigenvalue weighted by Crippen LogP contribution is -2.38. The number of rotatable bonds is 2. The first-order chi connectivity index (χ1) is 8.41. The lowest BCUT2D eigenvalue weighted by atomic mass is 10.0. The average molecular weight is 291 g/mol. The molecule has 2 rings (SSSR count). The van der Waals surface area contributed by atoms with Crippen molar-refractivity contribution in [1.82, 2.24) is 9.29 Å². The molecule has 18 heavy (non-hydrogen) atoms. The number of pyridine rings is 1. The largest absolute Gasteiger partial charge is 0.326 e. The van der Waals surface area contributed by atoms with Crippen molar-refractivity contribution in [1.29, 1.82) is 0 Å². The fourth-order valence-electron chi connectivity index (χ4n) is 1.96. The second-order valence-corrected chi connectivity index (χ2v) is 6.94. The van der Waals surface area contributed by atoms with Crippen molar-refractivity contribution in [2.75, 3.05) is 13.1 Å². The van der Waals surface area contributed by atoms with Gasteiger partial charge in [0, 0.05) is 19.3 Å². The zero-order valence-electron chi connectivity index (χ0n) is 10.0. The van der Waals surface area contributed by atoms with Gasteiger partial charge in [-0.1, -0.05) is 18.5 Å². The maximum Gasteiger partial charge on any atom is 0.266 e. The van der Waals surface area contributed by atoms with Crippen LogP contribution in [0.1, 0.15) is 19.8 Å². The monoisotopic (exact) mass is 290 g/mol. The summed E-state index contributed by atoms with van der Waals surface area (Å²) in [6, 6.07) is 1.20. The molecule has 2 heterocycles. The molecule has 100 valence electrons. The molecule has 0 radical (unpaired) electrons. The standard InChI is InChI=1S/C11H15ClN2O3S/c1-8-2-4-14(5-3-8)18(16,17)9-6-10(12)11(15)13-7-9/h6-8H,2-5H2,1H3,(H,13,15). The molecule has 0 amide bonds. The molecule has 0 spiro atoms. The van der Waals surface area contributed by atoms with E-state index < -0.39 is 15.6 Å². The van der Waals surface area contributed by atoms with Crippen LogP contribution in [0.3, 0.4) is 0 Å². The van der Waals surface area contributed by atoms with Gasteiger partial charge in [0.15, 0.2) is 0 Å². The molecule has 1 N–H and O–H groups in total. The van der Waals surface area contributed by atoms with Crippen LogP contribution in [-0.4, -0.2) is 30.8 Å². The first-order valence-electron chi connectivity index (χ1n) is 5.79. The average Bonchev–Trinajstić information content (AvgIpc) is 2.33. The molecule has 0 aliphatic carbocycles. The van der Waals surface area contributed by atoms with E-state index in [9.17, 15) is 13.2 Å².